The van der Waals surface area contributed by atoms with Crippen molar-refractivity contribution in [3.8, 4) is 0 Å². The fourth-order valence-electron chi connectivity index (χ4n) is 3.10. The zero-order valence-electron chi connectivity index (χ0n) is 15.4. The lowest BCUT2D eigenvalue weighted by Crippen LogP contribution is -2.30. The van der Waals surface area contributed by atoms with Crippen molar-refractivity contribution in [3.63, 3.8) is 0 Å². The third kappa shape index (κ3) is 3.88. The first kappa shape index (κ1) is 19.1. The summed E-state index contributed by atoms with van der Waals surface area (Å²) in [5, 5.41) is 0.641. The molecule has 0 atom stereocenters. The molecule has 0 spiro atoms. The number of carbonyl (C=O) groups excluding carboxylic acids is 3. The van der Waals surface area contributed by atoms with E-state index in [1.807, 2.05) is 19.1 Å². The predicted octanol–water partition coefficient (Wildman–Crippen LogP) is 4.01. The summed E-state index contributed by atoms with van der Waals surface area (Å²) in [5.74, 6) is -0.810. The van der Waals surface area contributed by atoms with E-state index in [4.69, 9.17) is 11.6 Å². The predicted molar refractivity (Wildman–Crippen MR) is 104 cm³/mol. The van der Waals surface area contributed by atoms with E-state index in [9.17, 15) is 14.4 Å². The molecule has 1 heterocycles. The molecule has 0 radical (unpaired) electrons. The molecule has 5 nitrogen and oxygen atoms in total. The van der Waals surface area contributed by atoms with Crippen LogP contribution in [0.5, 0.6) is 0 Å². The lowest BCUT2D eigenvalue weighted by molar-refractivity contribution is 0.0652. The average Bonchev–Trinajstić information content (AvgIpc) is 2.91. The van der Waals surface area contributed by atoms with Crippen LogP contribution in [0.4, 0.5) is 0 Å². The van der Waals surface area contributed by atoms with Gasteiger partial charge in [0.1, 0.15) is 0 Å². The normalized spacial score (nSPS) is 13.1. The number of rotatable bonds is 6. The van der Waals surface area contributed by atoms with Gasteiger partial charge in [-0.15, -0.1) is 0 Å². The van der Waals surface area contributed by atoms with Crippen LogP contribution < -0.4 is 0 Å². The Morgan fingerprint density at radius 2 is 1.70 bits per heavy atom. The molecule has 1 aliphatic heterocycles. The maximum Gasteiger partial charge on any atom is 0.261 e. The fraction of sp³-hybridized carbons (Fsp3) is 0.286. The van der Waals surface area contributed by atoms with Crippen molar-refractivity contribution < 1.29 is 14.4 Å². The summed E-state index contributed by atoms with van der Waals surface area (Å²) in [7, 11) is 1.70. The Labute approximate surface area is 163 Å². The Morgan fingerprint density at radius 3 is 2.37 bits per heavy atom. The van der Waals surface area contributed by atoms with Gasteiger partial charge in [-0.2, -0.15) is 0 Å². The Hall–Kier alpha value is -2.66. The van der Waals surface area contributed by atoms with Gasteiger partial charge in [0.25, 0.3) is 17.7 Å². The Balaban J connectivity index is 1.78. The Morgan fingerprint density at radius 1 is 1.04 bits per heavy atom. The van der Waals surface area contributed by atoms with Crippen LogP contribution in [0.1, 0.15) is 56.4 Å². The van der Waals surface area contributed by atoms with Crippen molar-refractivity contribution in [3.05, 3.63) is 69.7 Å². The van der Waals surface area contributed by atoms with Crippen LogP contribution in [0.2, 0.25) is 5.02 Å². The minimum atomic E-state index is -0.321. The lowest BCUT2D eigenvalue weighted by Gasteiger charge is -2.17. The molecular formula is C21H21ClN2O3. The molecule has 0 aliphatic carbocycles. The van der Waals surface area contributed by atoms with Gasteiger partial charge in [0.15, 0.2) is 0 Å². The van der Waals surface area contributed by atoms with Gasteiger partial charge >= 0.3 is 0 Å². The molecule has 0 fully saturated rings. The van der Waals surface area contributed by atoms with Crippen molar-refractivity contribution in [2.24, 2.45) is 0 Å². The summed E-state index contributed by atoms with van der Waals surface area (Å²) < 4.78 is 0. The van der Waals surface area contributed by atoms with Gasteiger partial charge < -0.3 is 4.90 Å². The van der Waals surface area contributed by atoms with Gasteiger partial charge in [-0.05, 0) is 42.3 Å². The number of hydrogen-bond donors (Lipinski definition) is 0. The third-order valence-corrected chi connectivity index (χ3v) is 4.88. The number of amides is 3. The van der Waals surface area contributed by atoms with E-state index in [0.717, 1.165) is 18.4 Å². The molecule has 2 aromatic rings. The van der Waals surface area contributed by atoms with Gasteiger partial charge in [-0.3, -0.25) is 19.3 Å². The summed E-state index contributed by atoms with van der Waals surface area (Å²) >= 11 is 5.89. The highest BCUT2D eigenvalue weighted by Gasteiger charge is 2.35. The quantitative estimate of drug-likeness (QED) is 0.707. The molecule has 0 saturated heterocycles. The number of carbonyl (C=O) groups is 3. The van der Waals surface area contributed by atoms with Crippen molar-refractivity contribution in [2.75, 3.05) is 13.6 Å². The van der Waals surface area contributed by atoms with Crippen LogP contribution in [0.3, 0.4) is 0 Å². The smallest absolute Gasteiger partial charge is 0.261 e. The highest BCUT2D eigenvalue weighted by molar-refractivity contribution is 6.30. The van der Waals surface area contributed by atoms with Crippen LogP contribution in [-0.4, -0.2) is 41.1 Å². The Bertz CT molecular complexity index is 893. The minimum absolute atomic E-state index is 0.208. The van der Waals surface area contributed by atoms with Crippen molar-refractivity contribution >= 4 is 29.3 Å². The number of halogens is 1. The minimum Gasteiger partial charge on any atom is -0.337 e. The van der Waals surface area contributed by atoms with Gasteiger partial charge in [-0.25, -0.2) is 0 Å². The maximum absolute atomic E-state index is 12.7. The van der Waals surface area contributed by atoms with E-state index in [-0.39, 0.29) is 17.7 Å². The first-order valence-corrected chi connectivity index (χ1v) is 9.30. The molecule has 0 bridgehead atoms. The molecule has 0 saturated carbocycles. The molecule has 3 amide bonds. The number of nitrogens with zero attached hydrogens (tertiary/aromatic N) is 2. The van der Waals surface area contributed by atoms with Crippen molar-refractivity contribution in [1.29, 1.82) is 0 Å². The van der Waals surface area contributed by atoms with Gasteiger partial charge in [0.05, 0.1) is 11.1 Å². The number of benzene rings is 2. The standard InChI is InChI=1S/C21H21ClN2O3/c1-3-4-11-24-20(26)17-10-7-15(12-18(17)21(24)27)19(25)23(2)13-14-5-8-16(22)9-6-14/h5-10,12H,3-4,11,13H2,1-2H3. The first-order valence-electron chi connectivity index (χ1n) is 8.92. The third-order valence-electron chi connectivity index (χ3n) is 4.63. The molecule has 1 aliphatic rings. The van der Waals surface area contributed by atoms with Crippen molar-refractivity contribution in [2.45, 2.75) is 26.3 Å². The van der Waals surface area contributed by atoms with E-state index < -0.39 is 0 Å². The fourth-order valence-corrected chi connectivity index (χ4v) is 3.22. The first-order chi connectivity index (χ1) is 12.9. The Kier molecular flexibility index (Phi) is 5.61. The van der Waals surface area contributed by atoms with E-state index in [2.05, 4.69) is 0 Å². The van der Waals surface area contributed by atoms with Gasteiger partial charge in [-0.1, -0.05) is 37.1 Å². The second kappa shape index (κ2) is 7.92. The van der Waals surface area contributed by atoms with Gasteiger partial charge in [0, 0.05) is 30.7 Å². The zero-order valence-corrected chi connectivity index (χ0v) is 16.1. The SMILES string of the molecule is CCCCN1C(=O)c2ccc(C(=O)N(C)Cc3ccc(Cl)cc3)cc2C1=O. The zero-order chi connectivity index (χ0) is 19.6. The number of fused-ring (bicyclic) bond motifs is 1. The molecular weight excluding hydrogens is 364 g/mol. The summed E-state index contributed by atoms with van der Waals surface area (Å²) in [6.07, 6.45) is 1.66. The summed E-state index contributed by atoms with van der Waals surface area (Å²) in [6.45, 7) is 2.83. The summed E-state index contributed by atoms with van der Waals surface area (Å²) in [5.41, 5.74) is 2.02. The molecule has 2 aromatic carbocycles. The molecule has 6 heteroatoms. The molecule has 3 rings (SSSR count). The number of hydrogen-bond acceptors (Lipinski definition) is 3. The van der Waals surface area contributed by atoms with E-state index in [1.54, 1.807) is 36.2 Å². The van der Waals surface area contributed by atoms with Crippen LogP contribution in [0.15, 0.2) is 42.5 Å². The number of imide groups is 1. The van der Waals surface area contributed by atoms with Crippen LogP contribution in [0.25, 0.3) is 0 Å². The second-order valence-corrected chi connectivity index (χ2v) is 7.10. The van der Waals surface area contributed by atoms with Crippen molar-refractivity contribution in [1.82, 2.24) is 9.80 Å². The molecule has 0 N–H and O–H groups in total. The molecule has 27 heavy (non-hydrogen) atoms. The largest absolute Gasteiger partial charge is 0.337 e. The maximum atomic E-state index is 12.7. The van der Waals surface area contributed by atoms with E-state index in [0.29, 0.717) is 34.8 Å². The molecule has 140 valence electrons. The second-order valence-electron chi connectivity index (χ2n) is 6.66. The van der Waals surface area contributed by atoms with E-state index >= 15 is 0 Å². The lowest BCUT2D eigenvalue weighted by atomic mass is 10.0. The topological polar surface area (TPSA) is 57.7 Å². The average molecular weight is 385 g/mol. The molecule has 0 unspecified atom stereocenters. The number of unbranched alkanes of at least 4 members (excludes halogenated alkanes) is 1. The van der Waals surface area contributed by atoms with Crippen LogP contribution in [0, 0.1) is 0 Å². The van der Waals surface area contributed by atoms with Crippen LogP contribution in [-0.2, 0) is 6.54 Å². The highest BCUT2D eigenvalue weighted by atomic mass is 35.5. The van der Waals surface area contributed by atoms with E-state index in [1.165, 1.54) is 11.0 Å². The highest BCUT2D eigenvalue weighted by Crippen LogP contribution is 2.25. The monoisotopic (exact) mass is 384 g/mol. The summed E-state index contributed by atoms with van der Waals surface area (Å²) in [4.78, 5) is 40.5. The van der Waals surface area contributed by atoms with Gasteiger partial charge in [0.2, 0.25) is 0 Å². The summed E-state index contributed by atoms with van der Waals surface area (Å²) in [6, 6.07) is 12.0. The molecule has 0 aromatic heterocycles. The van der Waals surface area contributed by atoms with Crippen LogP contribution >= 0.6 is 11.6 Å².